The average molecular weight is 519 g/mol. The molecule has 210 valence electrons. The summed E-state index contributed by atoms with van der Waals surface area (Å²) in [7, 11) is 0. The fraction of sp³-hybridized carbons (Fsp3) is 0.900. The number of carbonyl (C=O) groups excluding carboxylic acids is 1. The highest BCUT2D eigenvalue weighted by Gasteiger charge is 2.20. The van der Waals surface area contributed by atoms with Crippen molar-refractivity contribution in [2.75, 3.05) is 39.5 Å². The Morgan fingerprint density at radius 3 is 1.54 bits per heavy atom. The van der Waals surface area contributed by atoms with Gasteiger partial charge in [0, 0.05) is 38.4 Å². The van der Waals surface area contributed by atoms with Crippen LogP contribution in [0.5, 0.6) is 0 Å². The van der Waals surface area contributed by atoms with Gasteiger partial charge in [-0.3, -0.25) is 9.79 Å². The maximum atomic E-state index is 11.3. The summed E-state index contributed by atoms with van der Waals surface area (Å²) < 4.78 is 0. The van der Waals surface area contributed by atoms with Crippen LogP contribution in [0, 0.1) is 0 Å². The molecule has 13 N–H and O–H groups in total. The quantitative estimate of drug-likeness (QED) is 0.0752. The number of rotatable bonds is 18. The summed E-state index contributed by atoms with van der Waals surface area (Å²) in [4.78, 5) is 15.0. The molecule has 35 heavy (non-hydrogen) atoms. The fourth-order valence-electron chi connectivity index (χ4n) is 2.43. The Morgan fingerprint density at radius 1 is 0.629 bits per heavy atom. The van der Waals surface area contributed by atoms with Crippen LogP contribution in [0.1, 0.15) is 25.7 Å². The van der Waals surface area contributed by atoms with Crippen molar-refractivity contribution in [2.24, 2.45) is 4.99 Å². The van der Waals surface area contributed by atoms with Gasteiger partial charge in [-0.05, 0) is 0 Å². The summed E-state index contributed by atoms with van der Waals surface area (Å²) in [5.74, 6) is -0.792. The number of hydrogen-bond donors (Lipinski definition) is 13. The second-order valence-corrected chi connectivity index (χ2v) is 7.94. The predicted octanol–water partition coefficient (Wildman–Crippen LogP) is -6.42. The molecule has 0 aliphatic rings. The molecular formula is C20H42N2O13. The summed E-state index contributed by atoms with van der Waals surface area (Å²) in [5.41, 5.74) is 0. The zero-order chi connectivity index (χ0) is 27.4. The zero-order valence-electron chi connectivity index (χ0n) is 19.5. The Labute approximate surface area is 203 Å². The van der Waals surface area contributed by atoms with Crippen molar-refractivity contribution in [3.8, 4) is 0 Å². The van der Waals surface area contributed by atoms with Gasteiger partial charge in [0.1, 0.15) is 6.10 Å². The van der Waals surface area contributed by atoms with E-state index in [9.17, 15) is 25.2 Å². The summed E-state index contributed by atoms with van der Waals surface area (Å²) in [6.45, 7) is -2.11. The van der Waals surface area contributed by atoms with Crippen LogP contribution in [0.4, 0.5) is 0 Å². The SMILES string of the molecule is O=C(NCC(O)CC(O)CO)C(O)CC(O)CO.OCC(O)CC(O)C=NCC(O)CC(O)CO. The number of aliphatic imine (C=N–C) groups is 1. The van der Waals surface area contributed by atoms with Crippen molar-refractivity contribution in [3.05, 3.63) is 0 Å². The lowest BCUT2D eigenvalue weighted by Gasteiger charge is -2.17. The molecule has 0 radical (unpaired) electrons. The molecule has 0 fully saturated rings. The number of amides is 1. The Bertz CT molecular complexity index is 543. The standard InChI is InChI=1S/C10H21NO7.C10H21NO6/c12-4-7(15)1-6(14)3-11-10(18)9(17)2-8(16)5-13;12-5-9(16)1-7(14)3-11-4-8(15)2-10(17)6-13/h6-9,12-17H,1-5H2,(H,11,18);3,7-10,12-17H,1-2,4-6H2. The summed E-state index contributed by atoms with van der Waals surface area (Å²) in [6.07, 6.45) is -7.96. The molecule has 0 saturated carbocycles. The molecule has 0 spiro atoms. The van der Waals surface area contributed by atoms with Crippen LogP contribution < -0.4 is 5.32 Å². The minimum absolute atomic E-state index is 0.00317. The lowest BCUT2D eigenvalue weighted by molar-refractivity contribution is -0.131. The molecule has 0 aromatic rings. The molecule has 0 aromatic carbocycles. The van der Waals surface area contributed by atoms with E-state index < -0.39 is 81.2 Å². The van der Waals surface area contributed by atoms with E-state index in [0.717, 1.165) is 6.21 Å². The molecule has 15 nitrogen and oxygen atoms in total. The van der Waals surface area contributed by atoms with Gasteiger partial charge in [-0.1, -0.05) is 0 Å². The van der Waals surface area contributed by atoms with E-state index in [1.807, 2.05) is 0 Å². The summed E-state index contributed by atoms with van der Waals surface area (Å²) in [5, 5.41) is 110. The number of carbonyl (C=O) groups is 1. The molecule has 1 amide bonds. The number of nitrogens with one attached hydrogen (secondary N) is 1. The van der Waals surface area contributed by atoms with E-state index in [1.165, 1.54) is 0 Å². The van der Waals surface area contributed by atoms with Gasteiger partial charge in [-0.25, -0.2) is 0 Å². The van der Waals surface area contributed by atoms with Crippen molar-refractivity contribution in [1.82, 2.24) is 5.32 Å². The topological polar surface area (TPSA) is 284 Å². The molecule has 0 heterocycles. The summed E-state index contributed by atoms with van der Waals surface area (Å²) >= 11 is 0. The molecule has 0 aromatic heterocycles. The molecule has 8 atom stereocenters. The first-order valence-electron chi connectivity index (χ1n) is 11.1. The van der Waals surface area contributed by atoms with E-state index in [-0.39, 0.29) is 38.8 Å². The van der Waals surface area contributed by atoms with Crippen LogP contribution in [-0.2, 0) is 4.79 Å². The van der Waals surface area contributed by atoms with Crippen LogP contribution in [-0.4, -0.2) is 162 Å². The molecule has 8 unspecified atom stereocenters. The minimum Gasteiger partial charge on any atom is -0.394 e. The maximum Gasteiger partial charge on any atom is 0.249 e. The first-order chi connectivity index (χ1) is 16.4. The van der Waals surface area contributed by atoms with Crippen molar-refractivity contribution in [1.29, 1.82) is 0 Å². The second-order valence-electron chi connectivity index (χ2n) is 7.94. The van der Waals surface area contributed by atoms with Gasteiger partial charge >= 0.3 is 0 Å². The van der Waals surface area contributed by atoms with Gasteiger partial charge in [-0.15, -0.1) is 0 Å². The predicted molar refractivity (Wildman–Crippen MR) is 121 cm³/mol. The lowest BCUT2D eigenvalue weighted by atomic mass is 10.1. The van der Waals surface area contributed by atoms with Crippen molar-refractivity contribution >= 4 is 12.1 Å². The highest BCUT2D eigenvalue weighted by molar-refractivity contribution is 5.80. The van der Waals surface area contributed by atoms with Crippen LogP contribution in [0.25, 0.3) is 0 Å². The Hall–Kier alpha value is -1.34. The van der Waals surface area contributed by atoms with Crippen LogP contribution in [0.2, 0.25) is 0 Å². The van der Waals surface area contributed by atoms with Gasteiger partial charge in [-0.2, -0.15) is 0 Å². The Kier molecular flexibility index (Phi) is 22.4. The van der Waals surface area contributed by atoms with Crippen molar-refractivity contribution in [3.63, 3.8) is 0 Å². The third-order valence-corrected chi connectivity index (χ3v) is 4.35. The van der Waals surface area contributed by atoms with Gasteiger partial charge in [0.25, 0.3) is 0 Å². The van der Waals surface area contributed by atoms with E-state index in [2.05, 4.69) is 10.3 Å². The van der Waals surface area contributed by atoms with E-state index in [1.54, 1.807) is 0 Å². The molecule has 0 saturated heterocycles. The third kappa shape index (κ3) is 21.6. The van der Waals surface area contributed by atoms with Crippen molar-refractivity contribution < 1.29 is 66.1 Å². The smallest absolute Gasteiger partial charge is 0.249 e. The first-order valence-corrected chi connectivity index (χ1v) is 11.1. The molecular weight excluding hydrogens is 476 g/mol. The third-order valence-electron chi connectivity index (χ3n) is 4.35. The zero-order valence-corrected chi connectivity index (χ0v) is 19.5. The maximum absolute atomic E-state index is 11.3. The monoisotopic (exact) mass is 518 g/mol. The molecule has 0 rings (SSSR count). The Morgan fingerprint density at radius 2 is 1.06 bits per heavy atom. The largest absolute Gasteiger partial charge is 0.394 e. The molecule has 15 heteroatoms. The Balaban J connectivity index is 0. The number of nitrogens with zero attached hydrogens (tertiary/aromatic N) is 1. The van der Waals surface area contributed by atoms with Crippen LogP contribution in [0.15, 0.2) is 4.99 Å². The van der Waals surface area contributed by atoms with Crippen LogP contribution in [0.3, 0.4) is 0 Å². The van der Waals surface area contributed by atoms with Gasteiger partial charge in [0.15, 0.2) is 0 Å². The number of hydrogen-bond acceptors (Lipinski definition) is 14. The molecule has 0 bridgehead atoms. The van der Waals surface area contributed by atoms with Crippen LogP contribution >= 0.6 is 0 Å². The second kappa shape index (κ2) is 21.9. The van der Waals surface area contributed by atoms with Gasteiger partial charge in [0.05, 0.1) is 75.7 Å². The first kappa shape index (κ1) is 35.8. The number of aliphatic hydroxyl groups excluding tert-OH is 12. The van der Waals surface area contributed by atoms with E-state index in [4.69, 9.17) is 40.9 Å². The number of aliphatic hydroxyl groups is 12. The van der Waals surface area contributed by atoms with Crippen molar-refractivity contribution in [2.45, 2.75) is 74.5 Å². The lowest BCUT2D eigenvalue weighted by Crippen LogP contribution is -2.41. The van der Waals surface area contributed by atoms with E-state index >= 15 is 0 Å². The van der Waals surface area contributed by atoms with Gasteiger partial charge in [0.2, 0.25) is 5.91 Å². The van der Waals surface area contributed by atoms with Gasteiger partial charge < -0.3 is 66.6 Å². The highest BCUT2D eigenvalue weighted by atomic mass is 16.3. The van der Waals surface area contributed by atoms with E-state index in [0.29, 0.717) is 0 Å². The average Bonchev–Trinajstić information content (AvgIpc) is 2.82. The molecule has 0 aliphatic carbocycles. The molecule has 0 aliphatic heterocycles. The normalized spacial score (nSPS) is 18.5. The minimum atomic E-state index is -1.48. The fourth-order valence-corrected chi connectivity index (χ4v) is 2.43. The summed E-state index contributed by atoms with van der Waals surface area (Å²) in [6, 6.07) is 0. The highest BCUT2D eigenvalue weighted by Crippen LogP contribution is 2.01.